The second-order valence-electron chi connectivity index (χ2n) is 5.08. The van der Waals surface area contributed by atoms with Crippen LogP contribution < -0.4 is 10.6 Å². The molecule has 1 heterocycles. The van der Waals surface area contributed by atoms with Crippen molar-refractivity contribution < 1.29 is 9.59 Å². The van der Waals surface area contributed by atoms with Gasteiger partial charge in [0.1, 0.15) is 6.54 Å². The maximum absolute atomic E-state index is 12.1. The molecule has 120 valence electrons. The maximum Gasteiger partial charge on any atom is 0.239 e. The number of para-hydroxylation sites is 1. The van der Waals surface area contributed by atoms with E-state index in [-0.39, 0.29) is 37.9 Å². The molecule has 23 heavy (non-hydrogen) atoms. The fourth-order valence-corrected chi connectivity index (χ4v) is 2.89. The number of nitrogens with zero attached hydrogens (tertiary/aromatic N) is 1. The second-order valence-corrected chi connectivity index (χ2v) is 5.88. The number of halogens is 1. The molecule has 0 bridgehead atoms. The van der Waals surface area contributed by atoms with Crippen molar-refractivity contribution in [2.75, 3.05) is 13.1 Å². The van der Waals surface area contributed by atoms with Crippen LogP contribution in [0.3, 0.4) is 0 Å². The van der Waals surface area contributed by atoms with E-state index < -0.39 is 0 Å². The average molecular weight is 376 g/mol. The normalized spacial score (nSPS) is 10.3. The van der Waals surface area contributed by atoms with E-state index in [1.165, 1.54) is 0 Å². The van der Waals surface area contributed by atoms with Gasteiger partial charge >= 0.3 is 0 Å². The second kappa shape index (κ2) is 7.84. The van der Waals surface area contributed by atoms with Gasteiger partial charge in [-0.05, 0) is 28.9 Å². The van der Waals surface area contributed by atoms with Crippen LogP contribution >= 0.6 is 15.9 Å². The summed E-state index contributed by atoms with van der Waals surface area (Å²) in [7, 11) is 0. The van der Waals surface area contributed by atoms with E-state index in [1.54, 1.807) is 0 Å². The van der Waals surface area contributed by atoms with Crippen molar-refractivity contribution >= 4 is 38.6 Å². The van der Waals surface area contributed by atoms with Crippen molar-refractivity contribution in [3.8, 4) is 12.3 Å². The van der Waals surface area contributed by atoms with E-state index in [4.69, 9.17) is 6.42 Å². The number of rotatable bonds is 6. The molecule has 0 fully saturated rings. The molecule has 0 aliphatic carbocycles. The van der Waals surface area contributed by atoms with E-state index in [0.717, 1.165) is 21.1 Å². The lowest BCUT2D eigenvalue weighted by molar-refractivity contribution is -0.122. The molecule has 0 atom stereocenters. The molecule has 2 N–H and O–H groups in total. The maximum atomic E-state index is 12.1. The first-order chi connectivity index (χ1) is 11.0. The molecule has 0 unspecified atom stereocenters. The Hall–Kier alpha value is -2.26. The molecule has 2 aromatic rings. The van der Waals surface area contributed by atoms with Gasteiger partial charge in [-0.1, -0.05) is 24.1 Å². The van der Waals surface area contributed by atoms with Crippen LogP contribution in [0.2, 0.25) is 0 Å². The summed E-state index contributed by atoms with van der Waals surface area (Å²) in [4.78, 5) is 23.5. The summed E-state index contributed by atoms with van der Waals surface area (Å²) in [5.41, 5.74) is 1.99. The number of nitrogens with one attached hydrogen (secondary N) is 2. The third kappa shape index (κ3) is 4.14. The Bertz CT molecular complexity index is 774. The minimum Gasteiger partial charge on any atom is -0.354 e. The molecule has 0 saturated carbocycles. The number of carbonyl (C=O) groups is 2. The number of hydrogen-bond donors (Lipinski definition) is 2. The number of amides is 2. The van der Waals surface area contributed by atoms with Gasteiger partial charge in [0.25, 0.3) is 0 Å². The standard InChI is InChI=1S/C17H18BrN3O2/c1-3-9-19-15(22)8-10-20-16(23)11-21-12(2)17(18)13-6-4-5-7-14(13)21/h1,4-7H,8-11H2,2H3,(H,19,22)(H,20,23). The van der Waals surface area contributed by atoms with Crippen LogP contribution in [0.1, 0.15) is 12.1 Å². The zero-order valence-electron chi connectivity index (χ0n) is 12.9. The molecule has 1 aromatic heterocycles. The van der Waals surface area contributed by atoms with Crippen LogP contribution in [-0.2, 0) is 16.1 Å². The number of fused-ring (bicyclic) bond motifs is 1. The molecule has 1 aromatic carbocycles. The van der Waals surface area contributed by atoms with Crippen molar-refractivity contribution in [3.63, 3.8) is 0 Å². The number of terminal acetylenes is 1. The van der Waals surface area contributed by atoms with Crippen LogP contribution in [-0.4, -0.2) is 29.5 Å². The smallest absolute Gasteiger partial charge is 0.239 e. The zero-order valence-corrected chi connectivity index (χ0v) is 14.4. The quantitative estimate of drug-likeness (QED) is 0.758. The van der Waals surface area contributed by atoms with Crippen LogP contribution in [0.25, 0.3) is 10.9 Å². The number of aromatic nitrogens is 1. The van der Waals surface area contributed by atoms with Gasteiger partial charge in [0, 0.05) is 34.0 Å². The SMILES string of the molecule is C#CCNC(=O)CCNC(=O)Cn1c(C)c(Br)c2ccccc21. The summed E-state index contributed by atoms with van der Waals surface area (Å²) in [5, 5.41) is 6.38. The Morgan fingerprint density at radius 3 is 2.74 bits per heavy atom. The van der Waals surface area contributed by atoms with Crippen LogP contribution in [0.15, 0.2) is 28.7 Å². The molecule has 2 amide bonds. The van der Waals surface area contributed by atoms with E-state index in [0.29, 0.717) is 0 Å². The fraction of sp³-hybridized carbons (Fsp3) is 0.294. The summed E-state index contributed by atoms with van der Waals surface area (Å²) in [6, 6.07) is 7.90. The number of hydrogen-bond acceptors (Lipinski definition) is 2. The molecule has 0 spiro atoms. The summed E-state index contributed by atoms with van der Waals surface area (Å²) in [6.07, 6.45) is 5.27. The van der Waals surface area contributed by atoms with Crippen molar-refractivity contribution in [2.45, 2.75) is 19.9 Å². The Balaban J connectivity index is 1.95. The van der Waals surface area contributed by atoms with Gasteiger partial charge in [0.15, 0.2) is 0 Å². The van der Waals surface area contributed by atoms with E-state index in [9.17, 15) is 9.59 Å². The zero-order chi connectivity index (χ0) is 16.8. The molecule has 0 aliphatic heterocycles. The minimum absolute atomic E-state index is 0.133. The fourth-order valence-electron chi connectivity index (χ4n) is 2.35. The highest BCUT2D eigenvalue weighted by molar-refractivity contribution is 9.10. The highest BCUT2D eigenvalue weighted by Crippen LogP contribution is 2.30. The van der Waals surface area contributed by atoms with Gasteiger partial charge in [0.2, 0.25) is 11.8 Å². The third-order valence-corrected chi connectivity index (χ3v) is 4.52. The monoisotopic (exact) mass is 375 g/mol. The van der Waals surface area contributed by atoms with Crippen LogP contribution in [0, 0.1) is 19.3 Å². The topological polar surface area (TPSA) is 63.1 Å². The molecule has 0 aliphatic rings. The van der Waals surface area contributed by atoms with Crippen molar-refractivity contribution in [1.82, 2.24) is 15.2 Å². The highest BCUT2D eigenvalue weighted by Gasteiger charge is 2.14. The summed E-state index contributed by atoms with van der Waals surface area (Å²) in [5.74, 6) is 2.02. The van der Waals surface area contributed by atoms with Crippen LogP contribution in [0.5, 0.6) is 0 Å². The molecule has 6 heteroatoms. The lowest BCUT2D eigenvalue weighted by Crippen LogP contribution is -2.32. The molecular weight excluding hydrogens is 358 g/mol. The summed E-state index contributed by atoms with van der Waals surface area (Å²) >= 11 is 3.57. The van der Waals surface area contributed by atoms with Gasteiger partial charge in [0.05, 0.1) is 6.54 Å². The van der Waals surface area contributed by atoms with Gasteiger partial charge in [-0.2, -0.15) is 0 Å². The van der Waals surface area contributed by atoms with Gasteiger partial charge in [-0.25, -0.2) is 0 Å². The Kier molecular flexibility index (Phi) is 5.83. The predicted molar refractivity (Wildman–Crippen MR) is 93.8 cm³/mol. The first-order valence-corrected chi connectivity index (χ1v) is 8.04. The lowest BCUT2D eigenvalue weighted by atomic mass is 10.2. The van der Waals surface area contributed by atoms with Crippen LogP contribution in [0.4, 0.5) is 0 Å². The molecule has 2 rings (SSSR count). The highest BCUT2D eigenvalue weighted by atomic mass is 79.9. The minimum atomic E-state index is -0.173. The molecule has 0 saturated heterocycles. The van der Waals surface area contributed by atoms with Gasteiger partial charge in [-0.3, -0.25) is 9.59 Å². The Morgan fingerprint density at radius 2 is 2.00 bits per heavy atom. The van der Waals surface area contributed by atoms with Crippen molar-refractivity contribution in [3.05, 3.63) is 34.4 Å². The average Bonchev–Trinajstić information content (AvgIpc) is 2.78. The predicted octanol–water partition coefficient (Wildman–Crippen LogP) is 1.97. The van der Waals surface area contributed by atoms with Crippen molar-refractivity contribution in [1.29, 1.82) is 0 Å². The first kappa shape index (κ1) is 17.1. The van der Waals surface area contributed by atoms with E-state index in [1.807, 2.05) is 35.8 Å². The number of benzene rings is 1. The lowest BCUT2D eigenvalue weighted by Gasteiger charge is -2.09. The molecular formula is C17H18BrN3O2. The Labute approximate surface area is 143 Å². The number of carbonyl (C=O) groups excluding carboxylic acids is 2. The van der Waals surface area contributed by atoms with Gasteiger partial charge in [-0.15, -0.1) is 6.42 Å². The summed E-state index contributed by atoms with van der Waals surface area (Å²) < 4.78 is 2.95. The molecule has 5 nitrogen and oxygen atoms in total. The Morgan fingerprint density at radius 1 is 1.26 bits per heavy atom. The summed E-state index contributed by atoms with van der Waals surface area (Å²) in [6.45, 7) is 2.67. The van der Waals surface area contributed by atoms with E-state index in [2.05, 4.69) is 32.5 Å². The first-order valence-electron chi connectivity index (χ1n) is 7.24. The van der Waals surface area contributed by atoms with Gasteiger partial charge < -0.3 is 15.2 Å². The van der Waals surface area contributed by atoms with E-state index >= 15 is 0 Å². The molecule has 0 radical (unpaired) electrons. The van der Waals surface area contributed by atoms with Crippen molar-refractivity contribution in [2.24, 2.45) is 0 Å². The largest absolute Gasteiger partial charge is 0.354 e. The third-order valence-electron chi connectivity index (χ3n) is 3.52.